The average Bonchev–Trinajstić information content (AvgIpc) is 3.22. The number of rotatable bonds is 2. The molecule has 1 atom stereocenters. The van der Waals surface area contributed by atoms with Crippen LogP contribution in [0.3, 0.4) is 0 Å². The first-order valence-electron chi connectivity index (χ1n) is 13.2. The smallest absolute Gasteiger partial charge is 0.276 e. The van der Waals surface area contributed by atoms with Crippen LogP contribution in [0.25, 0.3) is 5.69 Å². The fourth-order valence-corrected chi connectivity index (χ4v) is 5.50. The summed E-state index contributed by atoms with van der Waals surface area (Å²) >= 11 is 18.5. The van der Waals surface area contributed by atoms with E-state index >= 15 is 0 Å². The number of benzodiazepines with no additional fused rings is 1. The van der Waals surface area contributed by atoms with E-state index in [1.54, 1.807) is 42.5 Å². The number of carbonyl (C=O) groups is 1. The van der Waals surface area contributed by atoms with Crippen LogP contribution < -0.4 is 5.32 Å². The van der Waals surface area contributed by atoms with Crippen molar-refractivity contribution in [3.05, 3.63) is 140 Å². The molecule has 1 unspecified atom stereocenters. The molecule has 1 aromatic heterocycles. The van der Waals surface area contributed by atoms with E-state index in [1.165, 1.54) is 0 Å². The third-order valence-electron chi connectivity index (χ3n) is 6.88. The third kappa shape index (κ3) is 5.83. The molecule has 7 rings (SSSR count). The number of aliphatic imine (C=N–C) groups is 2. The zero-order valence-electron chi connectivity index (χ0n) is 22.7. The molecule has 11 heteroatoms. The number of hydrogen-bond acceptors (Lipinski definition) is 6. The van der Waals surface area contributed by atoms with Gasteiger partial charge in [0.2, 0.25) is 6.23 Å². The number of aryl methyl sites for hydroxylation is 1. The maximum Gasteiger partial charge on any atom is 0.276 e. The summed E-state index contributed by atoms with van der Waals surface area (Å²) in [5.41, 5.74) is 6.20. The predicted octanol–water partition coefficient (Wildman–Crippen LogP) is 6.68. The standard InChI is InChI=1S/C17H13ClN4.C15H10Cl2N2O2/c1-11-20-21-16-10-19-17(12-5-3-2-4-6-12)14-9-13(18)7-8-15(14)22(11)16;16-8-5-6-12-10(7-8)13(19-15(21)14(20)18-12)9-3-1-2-4-11(9)17/h2-9H,10H2,1H3;1-7,15,21H,(H,18,20). The van der Waals surface area contributed by atoms with Crippen molar-refractivity contribution in [3.63, 3.8) is 0 Å². The lowest BCUT2D eigenvalue weighted by Crippen LogP contribution is -2.24. The van der Waals surface area contributed by atoms with Crippen LogP contribution in [-0.2, 0) is 11.3 Å². The summed E-state index contributed by atoms with van der Waals surface area (Å²) in [6, 6.07) is 28.1. The van der Waals surface area contributed by atoms with Gasteiger partial charge in [-0.1, -0.05) is 83.3 Å². The van der Waals surface area contributed by atoms with Crippen LogP contribution in [0.1, 0.15) is 33.9 Å². The third-order valence-corrected chi connectivity index (χ3v) is 7.68. The van der Waals surface area contributed by atoms with Crippen molar-refractivity contribution in [1.29, 1.82) is 0 Å². The molecule has 0 bridgehead atoms. The van der Waals surface area contributed by atoms with E-state index in [2.05, 4.69) is 32.6 Å². The van der Waals surface area contributed by atoms with Gasteiger partial charge in [-0.05, 0) is 49.4 Å². The highest BCUT2D eigenvalue weighted by Gasteiger charge is 2.25. The fourth-order valence-electron chi connectivity index (χ4n) is 4.93. The maximum absolute atomic E-state index is 11.8. The average molecular weight is 630 g/mol. The van der Waals surface area contributed by atoms with Crippen molar-refractivity contribution in [3.8, 4) is 5.69 Å². The Bertz CT molecular complexity index is 1920. The normalized spacial score (nSPS) is 15.3. The Labute approximate surface area is 262 Å². The minimum atomic E-state index is -1.50. The highest BCUT2D eigenvalue weighted by molar-refractivity contribution is 6.37. The van der Waals surface area contributed by atoms with Gasteiger partial charge in [0.05, 0.1) is 22.8 Å². The van der Waals surface area contributed by atoms with Crippen molar-refractivity contribution in [2.24, 2.45) is 9.98 Å². The van der Waals surface area contributed by atoms with E-state index in [1.807, 2.05) is 47.9 Å². The molecular weight excluding hydrogens is 607 g/mol. The molecule has 0 fully saturated rings. The molecule has 3 heterocycles. The van der Waals surface area contributed by atoms with Gasteiger partial charge in [0.1, 0.15) is 12.4 Å². The second kappa shape index (κ2) is 12.1. The molecule has 214 valence electrons. The van der Waals surface area contributed by atoms with Crippen LogP contribution in [0.4, 0.5) is 5.69 Å². The van der Waals surface area contributed by atoms with Crippen molar-refractivity contribution in [1.82, 2.24) is 14.8 Å². The number of amides is 1. The number of aliphatic hydroxyl groups excluding tert-OH is 1. The summed E-state index contributed by atoms with van der Waals surface area (Å²) in [6.45, 7) is 2.44. The molecule has 2 aliphatic rings. The first-order valence-corrected chi connectivity index (χ1v) is 14.4. The Morgan fingerprint density at radius 2 is 1.51 bits per heavy atom. The molecule has 5 aromatic rings. The maximum atomic E-state index is 11.8. The molecule has 0 saturated carbocycles. The van der Waals surface area contributed by atoms with Gasteiger partial charge < -0.3 is 10.4 Å². The van der Waals surface area contributed by atoms with Crippen molar-refractivity contribution in [2.75, 3.05) is 5.32 Å². The summed E-state index contributed by atoms with van der Waals surface area (Å²) < 4.78 is 2.05. The number of fused-ring (bicyclic) bond motifs is 4. The zero-order valence-corrected chi connectivity index (χ0v) is 24.9. The Morgan fingerprint density at radius 1 is 0.814 bits per heavy atom. The molecule has 0 saturated heterocycles. The van der Waals surface area contributed by atoms with Gasteiger partial charge in [-0.15, -0.1) is 10.2 Å². The lowest BCUT2D eigenvalue weighted by molar-refractivity contribution is -0.123. The van der Waals surface area contributed by atoms with Crippen LogP contribution in [0.2, 0.25) is 15.1 Å². The Morgan fingerprint density at radius 3 is 2.28 bits per heavy atom. The van der Waals surface area contributed by atoms with Crippen molar-refractivity contribution >= 4 is 57.8 Å². The first kappa shape index (κ1) is 28.8. The first-order chi connectivity index (χ1) is 20.8. The van der Waals surface area contributed by atoms with Crippen LogP contribution >= 0.6 is 34.8 Å². The highest BCUT2D eigenvalue weighted by Crippen LogP contribution is 2.30. The molecule has 43 heavy (non-hydrogen) atoms. The van der Waals surface area contributed by atoms with Crippen LogP contribution in [-0.4, -0.2) is 43.4 Å². The minimum Gasteiger partial charge on any atom is -0.364 e. The van der Waals surface area contributed by atoms with Gasteiger partial charge in [0.25, 0.3) is 5.91 Å². The van der Waals surface area contributed by atoms with Gasteiger partial charge in [0.15, 0.2) is 5.82 Å². The number of halogens is 3. The zero-order chi connectivity index (χ0) is 30.1. The molecular formula is C32H23Cl3N6O2. The number of anilines is 1. The largest absolute Gasteiger partial charge is 0.364 e. The second-order valence-electron chi connectivity index (χ2n) is 9.70. The van der Waals surface area contributed by atoms with Gasteiger partial charge in [-0.2, -0.15) is 0 Å². The van der Waals surface area contributed by atoms with Crippen molar-refractivity contribution in [2.45, 2.75) is 19.7 Å². The Balaban J connectivity index is 0.000000153. The minimum absolute atomic E-state index is 0.420. The molecule has 0 radical (unpaired) electrons. The molecule has 0 aliphatic carbocycles. The summed E-state index contributed by atoms with van der Waals surface area (Å²) in [5.74, 6) is 1.09. The highest BCUT2D eigenvalue weighted by atomic mass is 35.5. The number of hydrogen-bond donors (Lipinski definition) is 2. The van der Waals surface area contributed by atoms with E-state index < -0.39 is 12.1 Å². The second-order valence-corrected chi connectivity index (χ2v) is 11.0. The van der Waals surface area contributed by atoms with E-state index in [-0.39, 0.29) is 0 Å². The van der Waals surface area contributed by atoms with Gasteiger partial charge in [-0.25, -0.2) is 4.99 Å². The quantitative estimate of drug-likeness (QED) is 0.227. The lowest BCUT2D eigenvalue weighted by Gasteiger charge is -2.12. The number of aromatic nitrogens is 3. The predicted molar refractivity (Wildman–Crippen MR) is 170 cm³/mol. The molecule has 2 N–H and O–H groups in total. The number of nitrogens with one attached hydrogen (secondary N) is 1. The molecule has 8 nitrogen and oxygen atoms in total. The van der Waals surface area contributed by atoms with Crippen LogP contribution in [0.15, 0.2) is 101 Å². The Kier molecular flexibility index (Phi) is 8.10. The van der Waals surface area contributed by atoms with E-state index in [9.17, 15) is 9.90 Å². The van der Waals surface area contributed by atoms with Crippen molar-refractivity contribution < 1.29 is 9.90 Å². The number of carbonyl (C=O) groups excluding carboxylic acids is 1. The molecule has 2 aliphatic heterocycles. The Hall–Kier alpha value is -4.34. The topological polar surface area (TPSA) is 105 Å². The summed E-state index contributed by atoms with van der Waals surface area (Å²) in [6.07, 6.45) is -1.50. The van der Waals surface area contributed by atoms with Gasteiger partial charge in [0, 0.05) is 37.3 Å². The fraction of sp³-hybridized carbons (Fsp3) is 0.0938. The monoisotopic (exact) mass is 628 g/mol. The summed E-state index contributed by atoms with van der Waals surface area (Å²) in [4.78, 5) is 20.6. The number of aliphatic hydroxyl groups is 1. The molecule has 0 spiro atoms. The van der Waals surface area contributed by atoms with E-state index in [0.29, 0.717) is 44.1 Å². The number of nitrogens with zero attached hydrogens (tertiary/aromatic N) is 5. The van der Waals surface area contributed by atoms with Gasteiger partial charge >= 0.3 is 0 Å². The lowest BCUT2D eigenvalue weighted by atomic mass is 10.0. The van der Waals surface area contributed by atoms with Crippen LogP contribution in [0, 0.1) is 6.92 Å². The summed E-state index contributed by atoms with van der Waals surface area (Å²) in [7, 11) is 0. The SMILES string of the molecule is Cc1nnc2n1-c1ccc(Cl)cc1C(c1ccccc1)=NC2.O=C1Nc2ccc(Cl)cc2C(c2ccccc2Cl)=NC1O. The summed E-state index contributed by atoms with van der Waals surface area (Å²) in [5, 5.41) is 22.5. The van der Waals surface area contributed by atoms with Gasteiger partial charge in [-0.3, -0.25) is 14.4 Å². The number of benzene rings is 4. The molecule has 4 aromatic carbocycles. The van der Waals surface area contributed by atoms with E-state index in [4.69, 9.17) is 39.8 Å². The van der Waals surface area contributed by atoms with Crippen LogP contribution in [0.5, 0.6) is 0 Å². The molecule has 1 amide bonds. The van der Waals surface area contributed by atoms with E-state index in [0.717, 1.165) is 34.2 Å².